The minimum atomic E-state index is -0.493. The normalized spacial score (nSPS) is 13.5. The van der Waals surface area contributed by atoms with Gasteiger partial charge in [-0.2, -0.15) is 0 Å². The molecule has 0 atom stereocenters. The second-order valence-electron chi connectivity index (χ2n) is 16.8. The van der Waals surface area contributed by atoms with Crippen molar-refractivity contribution in [3.63, 3.8) is 0 Å². The number of nitrogens with zero attached hydrogens (tertiary/aromatic N) is 2. The minimum Gasteiger partial charge on any atom is -0.310 e. The van der Waals surface area contributed by atoms with E-state index >= 15 is 0 Å². The number of rotatable bonds is 4. The molecule has 1 aliphatic heterocycles. The summed E-state index contributed by atoms with van der Waals surface area (Å²) < 4.78 is 5.08. The highest BCUT2D eigenvalue weighted by atomic mass is 32.2. The molecule has 12 aromatic rings. The van der Waals surface area contributed by atoms with Crippen molar-refractivity contribution in [1.82, 2.24) is 4.57 Å². The monoisotopic (exact) mass is 836 g/mol. The number of aromatic nitrogens is 1. The van der Waals surface area contributed by atoms with E-state index in [0.717, 1.165) is 17.1 Å². The SMILES string of the molecule is c1ccc(N(c2ccc3c4ccccc4n(-c4ccc5c(c4)sc4ccccc45)c3c2)c2ccc3c4c(cccc24)C2(c4ccccc4Sc4ccccc42)c2ccccc2-3)cc1. The number of hydrogen-bond acceptors (Lipinski definition) is 3. The van der Waals surface area contributed by atoms with Gasteiger partial charge in [-0.25, -0.2) is 0 Å². The van der Waals surface area contributed by atoms with Crippen LogP contribution in [0.2, 0.25) is 0 Å². The summed E-state index contributed by atoms with van der Waals surface area (Å²) in [6, 6.07) is 81.6. The van der Waals surface area contributed by atoms with E-state index in [1.54, 1.807) is 0 Å². The Hall–Kier alpha value is -7.37. The lowest BCUT2D eigenvalue weighted by atomic mass is 9.59. The Kier molecular flexibility index (Phi) is 7.45. The van der Waals surface area contributed by atoms with Crippen LogP contribution in [-0.4, -0.2) is 4.57 Å². The van der Waals surface area contributed by atoms with Gasteiger partial charge in [0.15, 0.2) is 0 Å². The molecule has 0 radical (unpaired) electrons. The van der Waals surface area contributed by atoms with Gasteiger partial charge in [0.2, 0.25) is 0 Å². The predicted octanol–water partition coefficient (Wildman–Crippen LogP) is 16.6. The maximum Gasteiger partial charge on any atom is 0.0735 e. The number of hydrogen-bond donors (Lipinski definition) is 0. The Morgan fingerprint density at radius 3 is 1.86 bits per heavy atom. The number of thiophene rings is 1. The Labute approximate surface area is 372 Å². The first kappa shape index (κ1) is 35.2. The van der Waals surface area contributed by atoms with Crippen molar-refractivity contribution in [2.45, 2.75) is 15.2 Å². The van der Waals surface area contributed by atoms with Crippen molar-refractivity contribution in [2.75, 3.05) is 4.90 Å². The zero-order valence-electron chi connectivity index (χ0n) is 34.0. The van der Waals surface area contributed by atoms with E-state index in [2.05, 4.69) is 228 Å². The van der Waals surface area contributed by atoms with Gasteiger partial charge in [-0.1, -0.05) is 163 Å². The molecule has 0 saturated heterocycles. The van der Waals surface area contributed by atoms with Crippen LogP contribution in [0.15, 0.2) is 228 Å². The van der Waals surface area contributed by atoms with Gasteiger partial charge in [0.1, 0.15) is 0 Å². The van der Waals surface area contributed by atoms with Crippen LogP contribution >= 0.6 is 23.1 Å². The molecule has 0 unspecified atom stereocenters. The Morgan fingerprint density at radius 1 is 0.381 bits per heavy atom. The maximum absolute atomic E-state index is 2.48. The number of fused-ring (bicyclic) bond motifs is 14. The molecule has 1 spiro atoms. The molecular formula is C59H36N2S2. The van der Waals surface area contributed by atoms with E-state index in [0.29, 0.717) is 0 Å². The van der Waals surface area contributed by atoms with Crippen molar-refractivity contribution in [3.8, 4) is 16.8 Å². The standard InChI is InChI=1S/C59H36N2S2/c1-2-15-37(16-3-1)60(38-29-31-42-41-18-5-10-25-51(41)61(53(42)35-38)39-30-32-44-43-19-6-11-26-54(43)62-57(44)36-39)52-34-33-45-40-17-4-7-21-47(40)59(50-24-14-20-46(52)58(45)50)48-22-8-12-27-55(48)63-56-28-13-9-23-49(56)59/h1-36H. The van der Waals surface area contributed by atoms with E-state index in [-0.39, 0.29) is 0 Å². The van der Waals surface area contributed by atoms with Crippen molar-refractivity contribution >= 4 is 92.9 Å². The number of benzene rings is 10. The van der Waals surface area contributed by atoms with E-state index in [1.165, 1.54) is 102 Å². The molecule has 63 heavy (non-hydrogen) atoms. The molecule has 3 heterocycles. The molecule has 10 aromatic carbocycles. The van der Waals surface area contributed by atoms with Gasteiger partial charge in [0.25, 0.3) is 0 Å². The zero-order valence-corrected chi connectivity index (χ0v) is 35.6. The van der Waals surface area contributed by atoms with Gasteiger partial charge in [0.05, 0.1) is 22.1 Å². The van der Waals surface area contributed by atoms with Crippen molar-refractivity contribution in [3.05, 3.63) is 241 Å². The van der Waals surface area contributed by atoms with Crippen LogP contribution in [0.3, 0.4) is 0 Å². The molecular weight excluding hydrogens is 801 g/mol. The third-order valence-corrected chi connectivity index (χ3v) is 15.9. The first-order valence-electron chi connectivity index (χ1n) is 21.6. The lowest BCUT2D eigenvalue weighted by Crippen LogP contribution is -2.36. The van der Waals surface area contributed by atoms with Crippen molar-refractivity contribution in [1.29, 1.82) is 0 Å². The summed E-state index contributed by atoms with van der Waals surface area (Å²) >= 11 is 3.76. The second kappa shape index (κ2) is 13.3. The van der Waals surface area contributed by atoms with Crippen LogP contribution < -0.4 is 4.90 Å². The molecule has 1 aliphatic carbocycles. The average Bonchev–Trinajstić information content (AvgIpc) is 3.88. The smallest absolute Gasteiger partial charge is 0.0735 e. The molecule has 14 rings (SSSR count). The number of anilines is 3. The van der Waals surface area contributed by atoms with Crippen molar-refractivity contribution < 1.29 is 0 Å². The van der Waals surface area contributed by atoms with Gasteiger partial charge in [-0.05, 0) is 105 Å². The van der Waals surface area contributed by atoms with Crippen LogP contribution in [0.4, 0.5) is 17.1 Å². The summed E-state index contributed by atoms with van der Waals surface area (Å²) in [5.74, 6) is 0. The maximum atomic E-state index is 2.48. The lowest BCUT2D eigenvalue weighted by Gasteiger charge is -2.46. The highest BCUT2D eigenvalue weighted by Crippen LogP contribution is 2.62. The van der Waals surface area contributed by atoms with E-state index in [1.807, 2.05) is 23.1 Å². The van der Waals surface area contributed by atoms with E-state index in [4.69, 9.17) is 0 Å². The quantitative estimate of drug-likeness (QED) is 0.174. The minimum absolute atomic E-state index is 0.493. The molecule has 4 heteroatoms. The first-order valence-corrected chi connectivity index (χ1v) is 23.2. The molecule has 0 fully saturated rings. The summed E-state index contributed by atoms with van der Waals surface area (Å²) in [4.78, 5) is 5.10. The zero-order chi connectivity index (χ0) is 41.2. The summed E-state index contributed by atoms with van der Waals surface area (Å²) in [5.41, 5.74) is 14.3. The van der Waals surface area contributed by atoms with E-state index in [9.17, 15) is 0 Å². The Bertz CT molecular complexity index is 3810. The van der Waals surface area contributed by atoms with Crippen LogP contribution in [0.5, 0.6) is 0 Å². The highest BCUT2D eigenvalue weighted by Gasteiger charge is 2.48. The largest absolute Gasteiger partial charge is 0.310 e. The third-order valence-electron chi connectivity index (χ3n) is 13.6. The highest BCUT2D eigenvalue weighted by molar-refractivity contribution is 7.99. The second-order valence-corrected chi connectivity index (χ2v) is 18.9. The van der Waals surface area contributed by atoms with Gasteiger partial charge < -0.3 is 9.47 Å². The topological polar surface area (TPSA) is 8.17 Å². The van der Waals surface area contributed by atoms with Crippen LogP contribution in [0.1, 0.15) is 22.3 Å². The van der Waals surface area contributed by atoms with Crippen molar-refractivity contribution in [2.24, 2.45) is 0 Å². The average molecular weight is 837 g/mol. The van der Waals surface area contributed by atoms with Crippen LogP contribution in [0, 0.1) is 0 Å². The third kappa shape index (κ3) is 4.85. The van der Waals surface area contributed by atoms with Crippen LogP contribution in [0.25, 0.3) is 69.6 Å². The number of para-hydroxylation sites is 2. The Balaban J connectivity index is 1.04. The summed E-state index contributed by atoms with van der Waals surface area (Å²) in [5, 5.41) is 7.64. The van der Waals surface area contributed by atoms with Gasteiger partial charge >= 0.3 is 0 Å². The molecule has 2 aliphatic rings. The summed E-state index contributed by atoms with van der Waals surface area (Å²) in [6.07, 6.45) is 0. The molecule has 0 saturated carbocycles. The summed E-state index contributed by atoms with van der Waals surface area (Å²) in [7, 11) is 0. The molecule has 2 aromatic heterocycles. The Morgan fingerprint density at radius 2 is 1.02 bits per heavy atom. The lowest BCUT2D eigenvalue weighted by molar-refractivity contribution is 0.707. The molecule has 0 bridgehead atoms. The van der Waals surface area contributed by atoms with Gasteiger partial charge in [0, 0.05) is 63.2 Å². The fourth-order valence-electron chi connectivity index (χ4n) is 11.1. The fraction of sp³-hybridized carbons (Fsp3) is 0.0169. The van der Waals surface area contributed by atoms with Gasteiger partial charge in [-0.3, -0.25) is 0 Å². The molecule has 294 valence electrons. The van der Waals surface area contributed by atoms with E-state index < -0.39 is 5.41 Å². The molecule has 2 nitrogen and oxygen atoms in total. The van der Waals surface area contributed by atoms with Crippen LogP contribution in [-0.2, 0) is 5.41 Å². The fourth-order valence-corrected chi connectivity index (χ4v) is 13.5. The molecule has 0 amide bonds. The summed E-state index contributed by atoms with van der Waals surface area (Å²) in [6.45, 7) is 0. The first-order chi connectivity index (χ1) is 31.3. The molecule has 0 N–H and O–H groups in total. The predicted molar refractivity (Wildman–Crippen MR) is 267 cm³/mol. The van der Waals surface area contributed by atoms with Gasteiger partial charge in [-0.15, -0.1) is 11.3 Å².